The molecule has 2 heterocycles. The van der Waals surface area contributed by atoms with Gasteiger partial charge in [-0.15, -0.1) is 0 Å². The average molecular weight is 511 g/mol. The second-order valence-electron chi connectivity index (χ2n) is 10.6. The molecular weight excluding hydrogens is 480 g/mol. The molecule has 1 atom stereocenters. The van der Waals surface area contributed by atoms with Gasteiger partial charge in [0.1, 0.15) is 5.58 Å². The molecule has 1 unspecified atom stereocenters. The van der Waals surface area contributed by atoms with Crippen molar-refractivity contribution < 1.29 is 13.9 Å². The van der Waals surface area contributed by atoms with Crippen LogP contribution in [0, 0.1) is 0 Å². The van der Waals surface area contributed by atoms with Gasteiger partial charge >= 0.3 is 5.69 Å². The molecule has 0 N–H and O–H groups in total. The summed E-state index contributed by atoms with van der Waals surface area (Å²) in [6.45, 7) is 8.00. The number of aromatic nitrogens is 2. The van der Waals surface area contributed by atoms with E-state index in [2.05, 4.69) is 20.8 Å². The number of carbonyl (C=O) groups excluding carboxylic acids is 1. The molecule has 3 aromatic carbocycles. The third-order valence-electron chi connectivity index (χ3n) is 6.99. The minimum atomic E-state index is -0.982. The molecule has 0 saturated heterocycles. The Morgan fingerprint density at radius 3 is 2.24 bits per heavy atom. The zero-order valence-electron chi connectivity index (χ0n) is 22.4. The van der Waals surface area contributed by atoms with Crippen LogP contribution in [0.2, 0.25) is 0 Å². The molecule has 5 rings (SSSR count). The summed E-state index contributed by atoms with van der Waals surface area (Å²) < 4.78 is 15.3. The van der Waals surface area contributed by atoms with E-state index in [1.807, 2.05) is 24.3 Å². The summed E-state index contributed by atoms with van der Waals surface area (Å²) in [6, 6.07) is 19.9. The zero-order chi connectivity index (χ0) is 27.4. The Bertz CT molecular complexity index is 1810. The van der Waals surface area contributed by atoms with Crippen LogP contribution in [-0.2, 0) is 19.5 Å². The Labute approximate surface area is 219 Å². The highest BCUT2D eigenvalue weighted by atomic mass is 16.5. The van der Waals surface area contributed by atoms with E-state index >= 15 is 0 Å². The van der Waals surface area contributed by atoms with E-state index in [4.69, 9.17) is 9.15 Å². The van der Waals surface area contributed by atoms with Crippen molar-refractivity contribution in [3.05, 3.63) is 98.6 Å². The fourth-order valence-electron chi connectivity index (χ4n) is 4.67. The lowest BCUT2D eigenvalue weighted by Gasteiger charge is -2.20. The van der Waals surface area contributed by atoms with E-state index in [-0.39, 0.29) is 33.8 Å². The summed E-state index contributed by atoms with van der Waals surface area (Å²) in [7, 11) is 3.35. The Kier molecular flexibility index (Phi) is 6.10. The van der Waals surface area contributed by atoms with E-state index in [0.717, 1.165) is 11.1 Å². The number of ketones is 1. The van der Waals surface area contributed by atoms with Crippen molar-refractivity contribution in [2.75, 3.05) is 0 Å². The molecule has 0 aliphatic rings. The molecule has 0 aliphatic heterocycles. The summed E-state index contributed by atoms with van der Waals surface area (Å²) in [6.07, 6.45) is -0.982. The standard InChI is InChI=1S/C31H30N2O5/c1-18(26(34)20-13-16-23-24(17-20)33(6)30(36)32(23)5)37-29-27(35)22-9-7-8-10-25(22)38-28(29)19-11-14-21(15-12-19)31(2,3)4/h7-18H,1-6H3. The van der Waals surface area contributed by atoms with Crippen LogP contribution in [0.4, 0.5) is 0 Å². The quantitative estimate of drug-likeness (QED) is 0.288. The summed E-state index contributed by atoms with van der Waals surface area (Å²) in [5, 5.41) is 0.373. The largest absolute Gasteiger partial charge is 0.475 e. The maximum absolute atomic E-state index is 13.6. The summed E-state index contributed by atoms with van der Waals surface area (Å²) in [5.74, 6) is -0.0549. The first-order valence-electron chi connectivity index (χ1n) is 12.5. The number of ether oxygens (including phenoxy) is 1. The number of nitrogens with zero attached hydrogens (tertiary/aromatic N) is 2. The van der Waals surface area contributed by atoms with Crippen molar-refractivity contribution in [3.63, 3.8) is 0 Å². The normalized spacial score (nSPS) is 12.7. The molecule has 5 aromatic rings. The van der Waals surface area contributed by atoms with E-state index in [1.165, 1.54) is 9.13 Å². The maximum atomic E-state index is 13.6. The second kappa shape index (κ2) is 9.17. The monoisotopic (exact) mass is 510 g/mol. The number of hydrogen-bond donors (Lipinski definition) is 0. The number of para-hydroxylation sites is 1. The predicted molar refractivity (Wildman–Crippen MR) is 149 cm³/mol. The minimum absolute atomic E-state index is 0.0127. The molecule has 0 fully saturated rings. The van der Waals surface area contributed by atoms with Crippen molar-refractivity contribution in [2.24, 2.45) is 14.1 Å². The zero-order valence-corrected chi connectivity index (χ0v) is 22.4. The van der Waals surface area contributed by atoms with Crippen molar-refractivity contribution in [3.8, 4) is 17.1 Å². The van der Waals surface area contributed by atoms with Gasteiger partial charge in [-0.1, -0.05) is 57.2 Å². The number of hydrogen-bond acceptors (Lipinski definition) is 5. The number of aryl methyl sites for hydroxylation is 2. The highest BCUT2D eigenvalue weighted by Gasteiger charge is 2.25. The molecule has 2 aromatic heterocycles. The van der Waals surface area contributed by atoms with Crippen LogP contribution < -0.4 is 15.9 Å². The second-order valence-corrected chi connectivity index (χ2v) is 10.6. The molecule has 38 heavy (non-hydrogen) atoms. The predicted octanol–water partition coefficient (Wildman–Crippen LogP) is 5.60. The first-order valence-corrected chi connectivity index (χ1v) is 12.5. The smallest absolute Gasteiger partial charge is 0.328 e. The van der Waals surface area contributed by atoms with Crippen LogP contribution in [0.25, 0.3) is 33.3 Å². The fourth-order valence-corrected chi connectivity index (χ4v) is 4.67. The summed E-state index contributed by atoms with van der Waals surface area (Å²) in [4.78, 5) is 39.3. The first kappa shape index (κ1) is 25.3. The number of rotatable bonds is 5. The van der Waals surface area contributed by atoms with E-state index < -0.39 is 6.10 Å². The van der Waals surface area contributed by atoms with Gasteiger partial charge in [-0.2, -0.15) is 0 Å². The molecule has 0 amide bonds. The topological polar surface area (TPSA) is 83.4 Å². The number of fused-ring (bicyclic) bond motifs is 2. The van der Waals surface area contributed by atoms with Crippen LogP contribution >= 0.6 is 0 Å². The Morgan fingerprint density at radius 1 is 0.895 bits per heavy atom. The van der Waals surface area contributed by atoms with Gasteiger partial charge in [0, 0.05) is 25.2 Å². The third-order valence-corrected chi connectivity index (χ3v) is 6.99. The number of carbonyl (C=O) groups is 1. The van der Waals surface area contributed by atoms with Gasteiger partial charge < -0.3 is 9.15 Å². The fraction of sp³-hybridized carbons (Fsp3) is 0.258. The SMILES string of the molecule is CC(Oc1c(-c2ccc(C(C)(C)C)cc2)oc2ccccc2c1=O)C(=O)c1ccc2c(c1)n(C)c(=O)n2C. The highest BCUT2D eigenvalue weighted by Crippen LogP contribution is 2.33. The molecule has 0 saturated carbocycles. The summed E-state index contributed by atoms with van der Waals surface area (Å²) in [5.41, 5.74) is 3.44. The van der Waals surface area contributed by atoms with Crippen LogP contribution in [0.5, 0.6) is 5.75 Å². The Morgan fingerprint density at radius 2 is 1.55 bits per heavy atom. The number of Topliss-reactive ketones (excluding diaryl/α,β-unsaturated/α-hetero) is 1. The maximum Gasteiger partial charge on any atom is 0.328 e. The number of imidazole rings is 1. The van der Waals surface area contributed by atoms with Crippen molar-refractivity contribution >= 4 is 27.8 Å². The van der Waals surface area contributed by atoms with Crippen LogP contribution in [0.15, 0.2) is 80.7 Å². The molecular formula is C31H30N2O5. The number of benzene rings is 3. The molecule has 0 aliphatic carbocycles. The van der Waals surface area contributed by atoms with Crippen molar-refractivity contribution in [1.29, 1.82) is 0 Å². The lowest BCUT2D eigenvalue weighted by molar-refractivity contribution is 0.0815. The van der Waals surface area contributed by atoms with Gasteiger partial charge in [0.05, 0.1) is 16.4 Å². The van der Waals surface area contributed by atoms with Crippen LogP contribution in [0.1, 0.15) is 43.6 Å². The van der Waals surface area contributed by atoms with Crippen molar-refractivity contribution in [2.45, 2.75) is 39.2 Å². The van der Waals surface area contributed by atoms with Gasteiger partial charge in [-0.25, -0.2) is 4.79 Å². The lowest BCUT2D eigenvalue weighted by atomic mass is 9.86. The van der Waals surface area contributed by atoms with E-state index in [0.29, 0.717) is 27.6 Å². The van der Waals surface area contributed by atoms with E-state index in [1.54, 1.807) is 63.5 Å². The molecule has 0 spiro atoms. The Hall–Kier alpha value is -4.39. The molecule has 7 nitrogen and oxygen atoms in total. The van der Waals surface area contributed by atoms with Gasteiger partial charge in [-0.3, -0.25) is 18.7 Å². The van der Waals surface area contributed by atoms with Gasteiger partial charge in [0.15, 0.2) is 11.9 Å². The molecule has 0 radical (unpaired) electrons. The molecule has 194 valence electrons. The first-order chi connectivity index (χ1) is 18.0. The third kappa shape index (κ3) is 4.24. The van der Waals surface area contributed by atoms with Gasteiger partial charge in [0.2, 0.25) is 17.0 Å². The average Bonchev–Trinajstić information content (AvgIpc) is 3.12. The van der Waals surface area contributed by atoms with Crippen molar-refractivity contribution in [1.82, 2.24) is 9.13 Å². The van der Waals surface area contributed by atoms with Crippen LogP contribution in [-0.4, -0.2) is 21.0 Å². The highest BCUT2D eigenvalue weighted by molar-refractivity contribution is 6.02. The van der Waals surface area contributed by atoms with Crippen LogP contribution in [0.3, 0.4) is 0 Å². The van der Waals surface area contributed by atoms with Gasteiger partial charge in [-0.05, 0) is 48.2 Å². The molecule has 7 heteroatoms. The minimum Gasteiger partial charge on any atom is -0.475 e. The van der Waals surface area contributed by atoms with Gasteiger partial charge in [0.25, 0.3) is 0 Å². The van der Waals surface area contributed by atoms with E-state index in [9.17, 15) is 14.4 Å². The Balaban J connectivity index is 1.57. The summed E-state index contributed by atoms with van der Waals surface area (Å²) >= 11 is 0. The lowest BCUT2D eigenvalue weighted by Crippen LogP contribution is -2.26. The molecule has 0 bridgehead atoms.